The number of aromatic nitrogens is 4. The van der Waals surface area contributed by atoms with Gasteiger partial charge in [-0.1, -0.05) is 49.4 Å². The van der Waals surface area contributed by atoms with E-state index in [-0.39, 0.29) is 18.9 Å². The summed E-state index contributed by atoms with van der Waals surface area (Å²) >= 11 is 0. The Kier molecular flexibility index (Phi) is 8.32. The maximum Gasteiger partial charge on any atom is 0.207 e. The Balaban J connectivity index is 1.39. The van der Waals surface area contributed by atoms with E-state index in [1.54, 1.807) is 0 Å². The van der Waals surface area contributed by atoms with Crippen molar-refractivity contribution in [1.29, 1.82) is 0 Å². The van der Waals surface area contributed by atoms with Crippen molar-refractivity contribution in [2.45, 2.75) is 45.1 Å². The summed E-state index contributed by atoms with van der Waals surface area (Å²) in [6.07, 6.45) is 3.35. The van der Waals surface area contributed by atoms with Gasteiger partial charge in [-0.15, -0.1) is 0 Å². The molecule has 2 aromatic carbocycles. The number of hydrogen-bond acceptors (Lipinski definition) is 9. The van der Waals surface area contributed by atoms with E-state index in [0.717, 1.165) is 54.8 Å². The largest absolute Gasteiger partial charge is 0.493 e. The molecule has 3 heterocycles. The molecule has 0 spiro atoms. The van der Waals surface area contributed by atoms with Gasteiger partial charge in [0.15, 0.2) is 17.0 Å². The summed E-state index contributed by atoms with van der Waals surface area (Å²) < 4.78 is 14.2. The number of anilines is 2. The first-order valence-electron chi connectivity index (χ1n) is 13.2. The molecular weight excluding hydrogens is 482 g/mol. The van der Waals surface area contributed by atoms with Crippen molar-refractivity contribution in [1.82, 2.24) is 24.8 Å². The van der Waals surface area contributed by atoms with Gasteiger partial charge in [-0.25, -0.2) is 15.0 Å². The van der Waals surface area contributed by atoms with E-state index in [2.05, 4.69) is 57.9 Å². The minimum Gasteiger partial charge on any atom is -0.493 e. The van der Waals surface area contributed by atoms with Crippen LogP contribution in [0.3, 0.4) is 0 Å². The molecule has 5 rings (SSSR count). The third kappa shape index (κ3) is 5.72. The second-order valence-corrected chi connectivity index (χ2v) is 9.31. The third-order valence-electron chi connectivity index (χ3n) is 6.67. The van der Waals surface area contributed by atoms with Gasteiger partial charge in [0.25, 0.3) is 0 Å². The average Bonchev–Trinajstić information content (AvgIpc) is 3.57. The minimum atomic E-state index is -0.301. The maximum absolute atomic E-state index is 9.57. The van der Waals surface area contributed by atoms with Crippen molar-refractivity contribution in [3.8, 4) is 16.9 Å². The molecule has 0 unspecified atom stereocenters. The molecule has 200 valence electrons. The fraction of sp³-hybridized carbons (Fsp3) is 0.393. The average molecular weight is 518 g/mol. The Morgan fingerprint density at radius 3 is 2.82 bits per heavy atom. The van der Waals surface area contributed by atoms with Crippen LogP contribution in [0.15, 0.2) is 54.9 Å². The number of nitrogens with two attached hydrogens (primary N) is 1. The van der Waals surface area contributed by atoms with Crippen molar-refractivity contribution in [2.24, 2.45) is 0 Å². The van der Waals surface area contributed by atoms with Crippen LogP contribution in [-0.4, -0.2) is 57.0 Å². The molecule has 38 heavy (non-hydrogen) atoms. The van der Waals surface area contributed by atoms with Gasteiger partial charge in [0, 0.05) is 12.1 Å². The van der Waals surface area contributed by atoms with Gasteiger partial charge in [0.05, 0.1) is 19.3 Å². The summed E-state index contributed by atoms with van der Waals surface area (Å²) in [5.41, 5.74) is 10.5. The minimum absolute atomic E-state index is 0.0198. The topological polar surface area (TPSA) is 132 Å². The van der Waals surface area contributed by atoms with E-state index in [9.17, 15) is 5.11 Å². The highest BCUT2D eigenvalue weighted by molar-refractivity contribution is 5.84. The third-order valence-corrected chi connectivity index (χ3v) is 6.67. The second-order valence-electron chi connectivity index (χ2n) is 9.31. The maximum atomic E-state index is 9.57. The molecule has 1 fully saturated rings. The molecule has 1 aliphatic heterocycles. The highest BCUT2D eigenvalue weighted by Crippen LogP contribution is 2.35. The lowest BCUT2D eigenvalue weighted by Gasteiger charge is -2.18. The summed E-state index contributed by atoms with van der Waals surface area (Å²) in [7, 11) is 0. The molecule has 0 radical (unpaired) electrons. The van der Waals surface area contributed by atoms with Crippen LogP contribution in [0, 0.1) is 0 Å². The molecule has 1 saturated heterocycles. The number of fused-ring (bicyclic) bond motifs is 1. The van der Waals surface area contributed by atoms with E-state index >= 15 is 0 Å². The van der Waals surface area contributed by atoms with Crippen molar-refractivity contribution < 1.29 is 14.6 Å². The van der Waals surface area contributed by atoms with Gasteiger partial charge in [-0.2, -0.15) is 0 Å². The molecule has 0 bridgehead atoms. The van der Waals surface area contributed by atoms with Crippen LogP contribution in [0.25, 0.3) is 22.3 Å². The van der Waals surface area contributed by atoms with Crippen LogP contribution in [-0.2, 0) is 11.3 Å². The predicted molar refractivity (Wildman–Crippen MR) is 148 cm³/mol. The quantitative estimate of drug-likeness (QED) is 0.207. The molecule has 4 aromatic rings. The first-order chi connectivity index (χ1) is 18.7. The number of imidazole rings is 1. The predicted octanol–water partition coefficient (Wildman–Crippen LogP) is 3.74. The zero-order valence-electron chi connectivity index (χ0n) is 21.6. The van der Waals surface area contributed by atoms with Crippen molar-refractivity contribution >= 4 is 22.9 Å². The van der Waals surface area contributed by atoms with E-state index in [0.29, 0.717) is 36.1 Å². The molecule has 10 heteroatoms. The molecule has 0 aliphatic carbocycles. The molecule has 0 amide bonds. The number of nitrogen functional groups attached to an aromatic ring is 1. The van der Waals surface area contributed by atoms with Gasteiger partial charge in [-0.3, -0.25) is 4.57 Å². The highest BCUT2D eigenvalue weighted by atomic mass is 16.5. The summed E-state index contributed by atoms with van der Waals surface area (Å²) in [6.45, 7) is 5.09. The number of benzene rings is 2. The number of ether oxygens (including phenoxy) is 2. The van der Waals surface area contributed by atoms with E-state index in [1.165, 1.54) is 6.33 Å². The molecule has 5 N–H and O–H groups in total. The van der Waals surface area contributed by atoms with Crippen molar-refractivity contribution in [2.75, 3.05) is 37.4 Å². The van der Waals surface area contributed by atoms with Gasteiger partial charge in [0.1, 0.15) is 18.3 Å². The lowest BCUT2D eigenvalue weighted by Crippen LogP contribution is -2.17. The van der Waals surface area contributed by atoms with E-state index in [1.807, 2.05) is 22.8 Å². The summed E-state index contributed by atoms with van der Waals surface area (Å²) in [4.78, 5) is 13.2. The Hall–Kier alpha value is -3.73. The molecule has 2 atom stereocenters. The number of aliphatic hydroxyl groups is 1. The number of rotatable bonds is 12. The fourth-order valence-electron chi connectivity index (χ4n) is 4.72. The van der Waals surface area contributed by atoms with Gasteiger partial charge < -0.3 is 30.9 Å². The number of hydrogen-bond donors (Lipinski definition) is 4. The Bertz CT molecular complexity index is 1350. The van der Waals surface area contributed by atoms with Crippen LogP contribution >= 0.6 is 0 Å². The summed E-state index contributed by atoms with van der Waals surface area (Å²) in [5.74, 6) is 1.76. The molecular formula is C28H35N7O3. The van der Waals surface area contributed by atoms with E-state index < -0.39 is 0 Å². The molecule has 0 saturated carbocycles. The zero-order chi connectivity index (χ0) is 26.3. The second kappa shape index (κ2) is 12.2. The van der Waals surface area contributed by atoms with Gasteiger partial charge in [0.2, 0.25) is 5.95 Å². The van der Waals surface area contributed by atoms with Gasteiger partial charge in [-0.05, 0) is 49.5 Å². The number of aliphatic hydroxyl groups excluding tert-OH is 1. The normalized spacial score (nSPS) is 17.2. The van der Waals surface area contributed by atoms with Gasteiger partial charge >= 0.3 is 0 Å². The van der Waals surface area contributed by atoms with Crippen LogP contribution in [0.5, 0.6) is 5.75 Å². The Labute approximate surface area is 222 Å². The van der Waals surface area contributed by atoms with Crippen LogP contribution in [0.2, 0.25) is 0 Å². The lowest BCUT2D eigenvalue weighted by atomic mass is 10.0. The molecule has 1 aliphatic rings. The summed E-state index contributed by atoms with van der Waals surface area (Å²) in [6, 6.07) is 16.5. The smallest absolute Gasteiger partial charge is 0.207 e. The first kappa shape index (κ1) is 25.9. The Morgan fingerprint density at radius 2 is 2.03 bits per heavy atom. The lowest BCUT2D eigenvalue weighted by molar-refractivity contribution is -0.0197. The van der Waals surface area contributed by atoms with Crippen LogP contribution < -0.4 is 21.1 Å². The fourth-order valence-corrected chi connectivity index (χ4v) is 4.72. The van der Waals surface area contributed by atoms with Crippen LogP contribution in [0.4, 0.5) is 11.8 Å². The summed E-state index contributed by atoms with van der Waals surface area (Å²) in [5, 5.41) is 16.4. The molecule has 10 nitrogen and oxygen atoms in total. The van der Waals surface area contributed by atoms with E-state index in [4.69, 9.17) is 20.2 Å². The zero-order valence-corrected chi connectivity index (χ0v) is 21.6. The van der Waals surface area contributed by atoms with Crippen LogP contribution in [0.1, 0.15) is 38.0 Å². The van der Waals surface area contributed by atoms with Crippen molar-refractivity contribution in [3.63, 3.8) is 0 Å². The monoisotopic (exact) mass is 517 g/mol. The Morgan fingerprint density at radius 1 is 1.16 bits per heavy atom. The number of nitrogens with zero attached hydrogens (tertiary/aromatic N) is 4. The highest BCUT2D eigenvalue weighted by Gasteiger charge is 2.30. The standard InChI is InChI=1S/C28H35N7O3/c1-2-30-13-6-14-37-23-15-19(9-11-22(23)20-7-4-3-5-8-20)16-31-28-34-25-26(29)32-18-33-27(25)35(28)24-12-10-21(17-36)38-24/h3-5,7-9,11,15,18,21,24,30,36H,2,6,10,12-14,16-17H2,1H3,(H,31,34)(H2,29,32,33)/t21-,24+/m0/s1. The number of nitrogens with one attached hydrogen (secondary N) is 2. The SMILES string of the molecule is CCNCCCOc1cc(CNc2nc3c(N)ncnc3n2[C@H]2CC[C@@H](CO)O2)ccc1-c1ccccc1. The first-order valence-corrected chi connectivity index (χ1v) is 13.2. The van der Waals surface area contributed by atoms with Crippen molar-refractivity contribution in [3.05, 3.63) is 60.4 Å². The molecule has 2 aromatic heterocycles.